The number of halogens is 1. The van der Waals surface area contributed by atoms with Gasteiger partial charge in [-0.15, -0.1) is 11.8 Å². The quantitative estimate of drug-likeness (QED) is 0.314. The highest BCUT2D eigenvalue weighted by Gasteiger charge is 2.23. The van der Waals surface area contributed by atoms with Gasteiger partial charge in [0.2, 0.25) is 0 Å². The second kappa shape index (κ2) is 6.77. The van der Waals surface area contributed by atoms with Gasteiger partial charge in [-0.25, -0.2) is 0 Å². The molecular weight excluding hydrogens is 418 g/mol. The van der Waals surface area contributed by atoms with Crippen molar-refractivity contribution >= 4 is 54.9 Å². The highest BCUT2D eigenvalue weighted by Crippen LogP contribution is 2.43. The van der Waals surface area contributed by atoms with Crippen molar-refractivity contribution in [2.24, 2.45) is 7.05 Å². The molecule has 0 spiro atoms. The minimum Gasteiger partial charge on any atom is -0.463 e. The zero-order valence-corrected chi connectivity index (χ0v) is 17.3. The number of ether oxygens (including phenoxy) is 1. The summed E-state index contributed by atoms with van der Waals surface area (Å²) in [5.74, 6) is 1.95. The lowest BCUT2D eigenvalue weighted by Crippen LogP contribution is -2.01. The van der Waals surface area contributed by atoms with Crippen LogP contribution in [0.4, 0.5) is 0 Å². The maximum absolute atomic E-state index is 6.28. The minimum absolute atomic E-state index is 0.876. The van der Waals surface area contributed by atoms with Crippen LogP contribution >= 0.6 is 27.7 Å². The summed E-state index contributed by atoms with van der Waals surface area (Å²) in [6, 6.07) is 21.1. The van der Waals surface area contributed by atoms with Crippen molar-refractivity contribution in [3.05, 3.63) is 77.0 Å². The lowest BCUT2D eigenvalue weighted by molar-refractivity contribution is 0.484. The standard InChI is InChI=1S/C23H18BrNOS/c1-25-20-9-5-4-8-18(20)21-16(12-13-27-23(21)25)14-26-22-17-7-3-2-6-15(17)10-11-19(22)24/h2-11,14H,12-13H2,1H3/b16-14+. The van der Waals surface area contributed by atoms with Crippen LogP contribution < -0.4 is 4.74 Å². The molecule has 0 radical (unpaired) electrons. The Morgan fingerprint density at radius 2 is 1.78 bits per heavy atom. The number of aromatic nitrogens is 1. The third-order valence-electron chi connectivity index (χ3n) is 5.14. The van der Waals surface area contributed by atoms with Crippen molar-refractivity contribution in [2.75, 3.05) is 5.75 Å². The Morgan fingerprint density at radius 3 is 2.67 bits per heavy atom. The first-order chi connectivity index (χ1) is 13.2. The monoisotopic (exact) mass is 435 g/mol. The van der Waals surface area contributed by atoms with Crippen molar-refractivity contribution in [1.29, 1.82) is 0 Å². The molecule has 0 N–H and O–H groups in total. The van der Waals surface area contributed by atoms with Crippen LogP contribution in [0, 0.1) is 0 Å². The number of benzene rings is 3. The average molecular weight is 436 g/mol. The van der Waals surface area contributed by atoms with Gasteiger partial charge in [-0.1, -0.05) is 48.5 Å². The fourth-order valence-electron chi connectivity index (χ4n) is 3.82. The lowest BCUT2D eigenvalue weighted by Gasteiger charge is -2.17. The highest BCUT2D eigenvalue weighted by atomic mass is 79.9. The van der Waals surface area contributed by atoms with Gasteiger partial charge in [0.1, 0.15) is 5.75 Å². The van der Waals surface area contributed by atoms with Gasteiger partial charge in [0.05, 0.1) is 15.8 Å². The number of aryl methyl sites for hydroxylation is 1. The molecule has 4 aromatic rings. The largest absolute Gasteiger partial charge is 0.463 e. The summed E-state index contributed by atoms with van der Waals surface area (Å²) in [5, 5.41) is 4.93. The van der Waals surface area contributed by atoms with Crippen molar-refractivity contribution in [2.45, 2.75) is 11.4 Å². The molecule has 1 aliphatic heterocycles. The smallest absolute Gasteiger partial charge is 0.148 e. The molecular formula is C23H18BrNOS. The molecule has 2 heterocycles. The molecule has 0 atom stereocenters. The van der Waals surface area contributed by atoms with E-state index in [0.717, 1.165) is 27.8 Å². The molecule has 0 unspecified atom stereocenters. The number of allylic oxidation sites excluding steroid dienone is 1. The molecule has 1 aliphatic rings. The van der Waals surface area contributed by atoms with Crippen LogP contribution in [0.5, 0.6) is 5.75 Å². The first-order valence-corrected chi connectivity index (χ1v) is 10.8. The molecule has 1 aromatic heterocycles. The van der Waals surface area contributed by atoms with Crippen LogP contribution in [0.15, 0.2) is 76.4 Å². The number of fused-ring (bicyclic) bond motifs is 4. The number of rotatable bonds is 2. The third kappa shape index (κ3) is 2.79. The molecule has 0 aliphatic carbocycles. The fraction of sp³-hybridized carbons (Fsp3) is 0.130. The molecule has 0 fully saturated rings. The van der Waals surface area contributed by atoms with Crippen LogP contribution in [0.25, 0.3) is 27.2 Å². The first kappa shape index (κ1) is 17.0. The molecule has 5 rings (SSSR count). The Kier molecular flexibility index (Phi) is 4.25. The van der Waals surface area contributed by atoms with E-state index in [1.165, 1.54) is 32.5 Å². The summed E-state index contributed by atoms with van der Waals surface area (Å²) in [6.45, 7) is 0. The van der Waals surface area contributed by atoms with Crippen LogP contribution in [-0.2, 0) is 7.05 Å². The molecule has 3 aromatic carbocycles. The number of para-hydroxylation sites is 1. The molecule has 0 amide bonds. The van der Waals surface area contributed by atoms with Crippen molar-refractivity contribution in [3.63, 3.8) is 0 Å². The Labute approximate surface area is 171 Å². The fourth-order valence-corrected chi connectivity index (χ4v) is 5.45. The normalized spacial score (nSPS) is 15.4. The number of hydrogen-bond acceptors (Lipinski definition) is 2. The number of nitrogens with zero attached hydrogens (tertiary/aromatic N) is 1. The molecule has 0 saturated carbocycles. The summed E-state index contributed by atoms with van der Waals surface area (Å²) >= 11 is 5.59. The SMILES string of the molecule is Cn1c2c(c3ccccc31)/C(=C/Oc1c(Br)ccc3ccccc13)CCS2. The summed E-state index contributed by atoms with van der Waals surface area (Å²) in [7, 11) is 2.15. The van der Waals surface area contributed by atoms with Gasteiger partial charge >= 0.3 is 0 Å². The van der Waals surface area contributed by atoms with Crippen LogP contribution in [0.2, 0.25) is 0 Å². The van der Waals surface area contributed by atoms with Gasteiger partial charge in [-0.2, -0.15) is 0 Å². The van der Waals surface area contributed by atoms with E-state index in [1.807, 2.05) is 18.0 Å². The van der Waals surface area contributed by atoms with E-state index >= 15 is 0 Å². The van der Waals surface area contributed by atoms with E-state index in [9.17, 15) is 0 Å². The van der Waals surface area contributed by atoms with Gasteiger partial charge in [-0.05, 0) is 45.4 Å². The van der Waals surface area contributed by atoms with Crippen molar-refractivity contribution in [1.82, 2.24) is 4.57 Å². The zero-order valence-electron chi connectivity index (χ0n) is 14.9. The Balaban J connectivity index is 1.63. The zero-order chi connectivity index (χ0) is 18.4. The van der Waals surface area contributed by atoms with E-state index in [-0.39, 0.29) is 0 Å². The van der Waals surface area contributed by atoms with E-state index in [1.54, 1.807) is 0 Å². The number of thioether (sulfide) groups is 1. The second-order valence-electron chi connectivity index (χ2n) is 6.71. The van der Waals surface area contributed by atoms with E-state index in [2.05, 4.69) is 88.2 Å². The molecule has 2 nitrogen and oxygen atoms in total. The molecule has 27 heavy (non-hydrogen) atoms. The van der Waals surface area contributed by atoms with Gasteiger partial charge in [-0.3, -0.25) is 0 Å². The van der Waals surface area contributed by atoms with Gasteiger partial charge in [0.15, 0.2) is 0 Å². The first-order valence-electron chi connectivity index (χ1n) is 8.97. The Bertz CT molecular complexity index is 1210. The summed E-state index contributed by atoms with van der Waals surface area (Å²) in [5.41, 5.74) is 3.86. The summed E-state index contributed by atoms with van der Waals surface area (Å²) < 4.78 is 9.55. The minimum atomic E-state index is 0.876. The lowest BCUT2D eigenvalue weighted by atomic mass is 10.0. The highest BCUT2D eigenvalue weighted by molar-refractivity contribution is 9.10. The molecule has 4 heteroatoms. The maximum Gasteiger partial charge on any atom is 0.148 e. The van der Waals surface area contributed by atoms with Gasteiger partial charge < -0.3 is 9.30 Å². The van der Waals surface area contributed by atoms with Gasteiger partial charge in [0, 0.05) is 34.7 Å². The summed E-state index contributed by atoms with van der Waals surface area (Å²) in [4.78, 5) is 0. The van der Waals surface area contributed by atoms with E-state index < -0.39 is 0 Å². The predicted octanol–water partition coefficient (Wildman–Crippen LogP) is 7.01. The number of hydrogen-bond donors (Lipinski definition) is 0. The maximum atomic E-state index is 6.28. The topological polar surface area (TPSA) is 14.2 Å². The predicted molar refractivity (Wildman–Crippen MR) is 119 cm³/mol. The van der Waals surface area contributed by atoms with Crippen LogP contribution in [0.1, 0.15) is 12.0 Å². The molecule has 134 valence electrons. The Morgan fingerprint density at radius 1 is 1.00 bits per heavy atom. The van der Waals surface area contributed by atoms with Gasteiger partial charge in [0.25, 0.3) is 0 Å². The second-order valence-corrected chi connectivity index (χ2v) is 8.65. The third-order valence-corrected chi connectivity index (χ3v) is 6.92. The van der Waals surface area contributed by atoms with E-state index in [0.29, 0.717) is 0 Å². The molecule has 0 saturated heterocycles. The Hall–Kier alpha value is -2.17. The molecule has 0 bridgehead atoms. The van der Waals surface area contributed by atoms with Crippen molar-refractivity contribution < 1.29 is 4.74 Å². The average Bonchev–Trinajstić information content (AvgIpc) is 3.01. The van der Waals surface area contributed by atoms with Crippen LogP contribution in [-0.4, -0.2) is 10.3 Å². The van der Waals surface area contributed by atoms with E-state index in [4.69, 9.17) is 4.74 Å². The van der Waals surface area contributed by atoms with Crippen molar-refractivity contribution in [3.8, 4) is 5.75 Å². The van der Waals surface area contributed by atoms with Crippen LogP contribution in [0.3, 0.4) is 0 Å². The summed E-state index contributed by atoms with van der Waals surface area (Å²) in [6.07, 6.45) is 2.96.